The van der Waals surface area contributed by atoms with Crippen molar-refractivity contribution in [2.45, 2.75) is 52.2 Å². The molecule has 2 aliphatic heterocycles. The van der Waals surface area contributed by atoms with Crippen LogP contribution in [0.25, 0.3) is 0 Å². The van der Waals surface area contributed by atoms with Gasteiger partial charge in [0.05, 0.1) is 13.1 Å². The van der Waals surface area contributed by atoms with Crippen molar-refractivity contribution in [2.75, 3.05) is 32.8 Å². The molecule has 0 bridgehead atoms. The summed E-state index contributed by atoms with van der Waals surface area (Å²) in [7, 11) is 0. The van der Waals surface area contributed by atoms with E-state index in [1.165, 1.54) is 19.3 Å². The summed E-state index contributed by atoms with van der Waals surface area (Å²) in [5.74, 6) is 1.99. The topological polar surface area (TPSA) is 63.5 Å². The van der Waals surface area contributed by atoms with Crippen LogP contribution in [0.3, 0.4) is 0 Å². The van der Waals surface area contributed by atoms with Gasteiger partial charge in [-0.2, -0.15) is 0 Å². The van der Waals surface area contributed by atoms with Crippen LogP contribution >= 0.6 is 0 Å². The number of ether oxygens (including phenoxy) is 1. The Morgan fingerprint density at radius 3 is 2.70 bits per heavy atom. The van der Waals surface area contributed by atoms with Gasteiger partial charge in [0.25, 0.3) is 0 Å². The predicted octanol–water partition coefficient (Wildman–Crippen LogP) is 1.03. The van der Waals surface area contributed by atoms with Crippen molar-refractivity contribution >= 4 is 5.91 Å². The molecule has 1 aromatic heterocycles. The van der Waals surface area contributed by atoms with Crippen LogP contribution < -0.4 is 0 Å². The summed E-state index contributed by atoms with van der Waals surface area (Å²) < 4.78 is 7.45. The van der Waals surface area contributed by atoms with Crippen molar-refractivity contribution < 1.29 is 9.53 Å². The van der Waals surface area contributed by atoms with Crippen molar-refractivity contribution in [1.29, 1.82) is 0 Å². The number of hydrogen-bond acceptors (Lipinski definition) is 5. The quantitative estimate of drug-likeness (QED) is 0.810. The van der Waals surface area contributed by atoms with E-state index in [0.717, 1.165) is 50.8 Å². The Hall–Kier alpha value is -1.47. The third kappa shape index (κ3) is 4.09. The Morgan fingerprint density at radius 2 is 1.91 bits per heavy atom. The van der Waals surface area contributed by atoms with Crippen LogP contribution in [0, 0.1) is 0 Å². The van der Waals surface area contributed by atoms with E-state index in [1.54, 1.807) is 0 Å². The number of fused-ring (bicyclic) bond motifs is 1. The first kappa shape index (κ1) is 16.4. The number of rotatable bonds is 5. The molecule has 0 atom stereocenters. The Kier molecular flexibility index (Phi) is 5.61. The maximum Gasteiger partial charge on any atom is 0.248 e. The predicted molar refractivity (Wildman–Crippen MR) is 85.7 cm³/mol. The average Bonchev–Trinajstić information content (AvgIpc) is 2.82. The Morgan fingerprint density at radius 1 is 1.09 bits per heavy atom. The number of nitrogens with zero attached hydrogens (tertiary/aromatic N) is 5. The Bertz CT molecular complexity index is 525. The zero-order chi connectivity index (χ0) is 16.1. The molecule has 3 heterocycles. The molecule has 2 aliphatic rings. The molecule has 1 amide bonds. The molecule has 0 unspecified atom stereocenters. The van der Waals surface area contributed by atoms with Crippen LogP contribution in [0.1, 0.15) is 44.3 Å². The fourth-order valence-corrected chi connectivity index (χ4v) is 3.34. The van der Waals surface area contributed by atoms with Crippen molar-refractivity contribution in [1.82, 2.24) is 24.6 Å². The first-order valence-electron chi connectivity index (χ1n) is 8.76. The number of likely N-dealkylation sites (tertiary alicyclic amines) is 1. The van der Waals surface area contributed by atoms with E-state index in [4.69, 9.17) is 4.74 Å². The van der Waals surface area contributed by atoms with Crippen LogP contribution in [0.5, 0.6) is 0 Å². The lowest BCUT2D eigenvalue weighted by atomic mass is 10.1. The third-order valence-corrected chi connectivity index (χ3v) is 4.64. The van der Waals surface area contributed by atoms with Crippen LogP contribution in [0.15, 0.2) is 0 Å². The van der Waals surface area contributed by atoms with Gasteiger partial charge >= 0.3 is 0 Å². The SMILES string of the molecule is CCOCC(=O)N1CCCn2c(CN3CCCCC3)nnc2C1. The lowest BCUT2D eigenvalue weighted by molar-refractivity contribution is -0.136. The molecular formula is C16H27N5O2. The van der Waals surface area contributed by atoms with Crippen molar-refractivity contribution in [3.8, 4) is 0 Å². The zero-order valence-corrected chi connectivity index (χ0v) is 14.0. The van der Waals surface area contributed by atoms with E-state index >= 15 is 0 Å². The summed E-state index contributed by atoms with van der Waals surface area (Å²) >= 11 is 0. The molecule has 7 nitrogen and oxygen atoms in total. The number of hydrogen-bond donors (Lipinski definition) is 0. The molecule has 3 rings (SSSR count). The highest BCUT2D eigenvalue weighted by atomic mass is 16.5. The maximum absolute atomic E-state index is 12.2. The van der Waals surface area contributed by atoms with E-state index in [2.05, 4.69) is 19.7 Å². The van der Waals surface area contributed by atoms with Gasteiger partial charge in [-0.25, -0.2) is 0 Å². The Labute approximate surface area is 137 Å². The van der Waals surface area contributed by atoms with Gasteiger partial charge < -0.3 is 14.2 Å². The number of carbonyl (C=O) groups is 1. The van der Waals surface area contributed by atoms with Gasteiger partial charge in [0.1, 0.15) is 12.4 Å². The lowest BCUT2D eigenvalue weighted by Gasteiger charge is -2.25. The van der Waals surface area contributed by atoms with Crippen LogP contribution in [-0.2, 0) is 29.2 Å². The summed E-state index contributed by atoms with van der Waals surface area (Å²) in [5.41, 5.74) is 0. The second-order valence-electron chi connectivity index (χ2n) is 6.33. The van der Waals surface area contributed by atoms with Crippen molar-refractivity contribution in [3.63, 3.8) is 0 Å². The zero-order valence-electron chi connectivity index (χ0n) is 14.0. The summed E-state index contributed by atoms with van der Waals surface area (Å²) in [4.78, 5) is 16.5. The lowest BCUT2D eigenvalue weighted by Crippen LogP contribution is -2.34. The second-order valence-corrected chi connectivity index (χ2v) is 6.33. The largest absolute Gasteiger partial charge is 0.372 e. The van der Waals surface area contributed by atoms with Gasteiger partial charge in [-0.1, -0.05) is 6.42 Å². The molecule has 128 valence electrons. The van der Waals surface area contributed by atoms with Gasteiger partial charge in [0.2, 0.25) is 5.91 Å². The van der Waals surface area contributed by atoms with Crippen molar-refractivity contribution in [3.05, 3.63) is 11.6 Å². The monoisotopic (exact) mass is 321 g/mol. The molecule has 7 heteroatoms. The van der Waals surface area contributed by atoms with E-state index in [0.29, 0.717) is 13.2 Å². The molecule has 0 saturated carbocycles. The van der Waals surface area contributed by atoms with Gasteiger partial charge in [-0.15, -0.1) is 10.2 Å². The minimum absolute atomic E-state index is 0.0425. The number of amides is 1. The number of carbonyl (C=O) groups excluding carboxylic acids is 1. The standard InChI is InChI=1S/C16H27N5O2/c1-2-23-13-16(22)20-9-6-10-21-14(17-18-15(21)12-20)11-19-7-4-3-5-8-19/h2-13H2,1H3. The molecule has 0 aromatic carbocycles. The first-order valence-corrected chi connectivity index (χ1v) is 8.76. The molecule has 1 saturated heterocycles. The normalized spacial score (nSPS) is 19.4. The summed E-state index contributed by atoms with van der Waals surface area (Å²) in [6.07, 6.45) is 4.84. The highest BCUT2D eigenvalue weighted by Gasteiger charge is 2.23. The maximum atomic E-state index is 12.2. The summed E-state index contributed by atoms with van der Waals surface area (Å²) in [5, 5.41) is 8.74. The average molecular weight is 321 g/mol. The molecule has 1 aromatic rings. The fourth-order valence-electron chi connectivity index (χ4n) is 3.34. The van der Waals surface area contributed by atoms with Gasteiger partial charge in [0, 0.05) is 19.7 Å². The van der Waals surface area contributed by atoms with Crippen LogP contribution in [-0.4, -0.2) is 63.3 Å². The van der Waals surface area contributed by atoms with Crippen LogP contribution in [0.4, 0.5) is 0 Å². The highest BCUT2D eigenvalue weighted by molar-refractivity contribution is 5.77. The van der Waals surface area contributed by atoms with Gasteiger partial charge in [-0.05, 0) is 39.3 Å². The third-order valence-electron chi connectivity index (χ3n) is 4.64. The van der Waals surface area contributed by atoms with E-state index in [9.17, 15) is 4.79 Å². The summed E-state index contributed by atoms with van der Waals surface area (Å²) in [6, 6.07) is 0. The van der Waals surface area contributed by atoms with E-state index in [1.807, 2.05) is 11.8 Å². The fraction of sp³-hybridized carbons (Fsp3) is 0.812. The molecule has 0 aliphatic carbocycles. The minimum atomic E-state index is 0.0425. The smallest absolute Gasteiger partial charge is 0.248 e. The first-order chi connectivity index (χ1) is 11.3. The van der Waals surface area contributed by atoms with E-state index in [-0.39, 0.29) is 12.5 Å². The second kappa shape index (κ2) is 7.88. The minimum Gasteiger partial charge on any atom is -0.372 e. The molecule has 0 N–H and O–H groups in total. The molecule has 23 heavy (non-hydrogen) atoms. The molecule has 0 spiro atoms. The van der Waals surface area contributed by atoms with Crippen molar-refractivity contribution in [2.24, 2.45) is 0 Å². The van der Waals surface area contributed by atoms with Gasteiger partial charge in [0.15, 0.2) is 5.82 Å². The molecule has 1 fully saturated rings. The van der Waals surface area contributed by atoms with Crippen LogP contribution in [0.2, 0.25) is 0 Å². The highest BCUT2D eigenvalue weighted by Crippen LogP contribution is 2.16. The van der Waals surface area contributed by atoms with Gasteiger partial charge in [-0.3, -0.25) is 9.69 Å². The summed E-state index contributed by atoms with van der Waals surface area (Å²) in [6.45, 7) is 8.00. The molecule has 0 radical (unpaired) electrons. The Balaban J connectivity index is 1.65. The van der Waals surface area contributed by atoms with E-state index < -0.39 is 0 Å². The number of piperidine rings is 1. The molecular weight excluding hydrogens is 294 g/mol. The number of aromatic nitrogens is 3.